The second-order valence-corrected chi connectivity index (χ2v) is 17.2. The molecule has 5 aromatic rings. The summed E-state index contributed by atoms with van der Waals surface area (Å²) in [6.07, 6.45) is 11.2. The lowest BCUT2D eigenvalue weighted by atomic mass is 9.80. The number of carbonyl (C=O) groups is 2. The number of imidazole rings is 1. The SMILES string of the molecule is Cn1c(=O)n(C2CCC(=O)NC2=O)c2ccc([C@H]3CC[C@H](N4CCC(c5nccc(N6C7CCC6CN(c6cc(-c8ccccc8O)nnc6N)C7)n5)CC4)CC3)cc21. The molecule has 5 fully saturated rings. The number of aromatic nitrogens is 6. The van der Waals surface area contributed by atoms with Crippen molar-refractivity contribution in [2.45, 2.75) is 100 Å². The van der Waals surface area contributed by atoms with Gasteiger partial charge in [-0.3, -0.25) is 24.0 Å². The Kier molecular flexibility index (Phi) is 9.57. The van der Waals surface area contributed by atoms with Crippen molar-refractivity contribution >= 4 is 40.2 Å². The molecule has 0 spiro atoms. The highest BCUT2D eigenvalue weighted by Gasteiger charge is 2.42. The fraction of sp³-hybridized carbons (Fsp3) is 0.477. The smallest absolute Gasteiger partial charge is 0.329 e. The Labute approximate surface area is 342 Å². The second kappa shape index (κ2) is 15.1. The van der Waals surface area contributed by atoms with E-state index in [0.717, 1.165) is 106 Å². The Morgan fingerprint density at radius 1 is 0.797 bits per heavy atom. The monoisotopic (exact) mass is 797 g/mol. The van der Waals surface area contributed by atoms with Gasteiger partial charge in [-0.1, -0.05) is 18.2 Å². The van der Waals surface area contributed by atoms with Crippen molar-refractivity contribution in [2.75, 3.05) is 41.7 Å². The minimum absolute atomic E-state index is 0.167. The topological polar surface area (TPSA) is 181 Å². The maximum absolute atomic E-state index is 13.3. The number of para-hydroxylation sites is 1. The number of nitrogens with two attached hydrogens (primary N) is 1. The molecule has 306 valence electrons. The highest BCUT2D eigenvalue weighted by Crippen LogP contribution is 2.41. The summed E-state index contributed by atoms with van der Waals surface area (Å²) >= 11 is 0. The molecule has 4 aliphatic heterocycles. The van der Waals surface area contributed by atoms with E-state index >= 15 is 0 Å². The van der Waals surface area contributed by atoms with Crippen LogP contribution in [0.4, 0.5) is 17.3 Å². The van der Waals surface area contributed by atoms with Crippen LogP contribution in [0.3, 0.4) is 0 Å². The Hall–Kier alpha value is -5.83. The van der Waals surface area contributed by atoms with E-state index in [2.05, 4.69) is 48.4 Å². The normalized spacial score (nSPS) is 25.5. The summed E-state index contributed by atoms with van der Waals surface area (Å²) in [5.74, 6) is 2.61. The largest absolute Gasteiger partial charge is 0.507 e. The van der Waals surface area contributed by atoms with Crippen LogP contribution in [0, 0.1) is 0 Å². The van der Waals surface area contributed by atoms with Crippen LogP contribution in [-0.4, -0.2) is 95.4 Å². The Morgan fingerprint density at radius 2 is 1.54 bits per heavy atom. The van der Waals surface area contributed by atoms with Gasteiger partial charge in [0, 0.05) is 62.4 Å². The Bertz CT molecular complexity index is 2470. The molecule has 3 aromatic heterocycles. The summed E-state index contributed by atoms with van der Waals surface area (Å²) in [5.41, 5.74) is 11.1. The molecule has 15 nitrogen and oxygen atoms in total. The minimum Gasteiger partial charge on any atom is -0.507 e. The highest BCUT2D eigenvalue weighted by atomic mass is 16.3. The number of nitrogen functional groups attached to an aromatic ring is 1. The van der Waals surface area contributed by atoms with E-state index in [1.807, 2.05) is 30.5 Å². The van der Waals surface area contributed by atoms with Gasteiger partial charge in [-0.2, -0.15) is 0 Å². The van der Waals surface area contributed by atoms with Crippen LogP contribution in [0.2, 0.25) is 0 Å². The van der Waals surface area contributed by atoms with Gasteiger partial charge in [-0.05, 0) is 119 Å². The quantitative estimate of drug-likeness (QED) is 0.195. The van der Waals surface area contributed by atoms with Crippen LogP contribution in [-0.2, 0) is 16.6 Å². The molecule has 4 saturated heterocycles. The number of phenolic OH excluding ortho intramolecular Hbond substituents is 1. The summed E-state index contributed by atoms with van der Waals surface area (Å²) in [6.45, 7) is 3.70. The van der Waals surface area contributed by atoms with E-state index in [9.17, 15) is 19.5 Å². The van der Waals surface area contributed by atoms with Crippen molar-refractivity contribution in [1.82, 2.24) is 39.5 Å². The van der Waals surface area contributed by atoms with Crippen molar-refractivity contribution in [3.05, 3.63) is 82.7 Å². The molecular weight excluding hydrogens is 747 g/mol. The number of anilines is 3. The molecule has 2 bridgehead atoms. The maximum atomic E-state index is 13.3. The third kappa shape index (κ3) is 6.78. The number of likely N-dealkylation sites (tertiary alicyclic amines) is 1. The second-order valence-electron chi connectivity index (χ2n) is 17.2. The zero-order chi connectivity index (χ0) is 40.4. The number of phenols is 1. The number of imide groups is 1. The molecule has 3 atom stereocenters. The summed E-state index contributed by atoms with van der Waals surface area (Å²) in [4.78, 5) is 55.3. The zero-order valence-corrected chi connectivity index (χ0v) is 33.4. The van der Waals surface area contributed by atoms with Gasteiger partial charge in [0.25, 0.3) is 0 Å². The van der Waals surface area contributed by atoms with Gasteiger partial charge in [-0.25, -0.2) is 14.8 Å². The molecule has 1 saturated carbocycles. The van der Waals surface area contributed by atoms with Crippen molar-refractivity contribution in [1.29, 1.82) is 0 Å². The van der Waals surface area contributed by atoms with Gasteiger partial charge in [-0.15, -0.1) is 10.2 Å². The average molecular weight is 798 g/mol. The molecule has 59 heavy (non-hydrogen) atoms. The molecular formula is C44H51N11O4. The van der Waals surface area contributed by atoms with E-state index in [1.165, 1.54) is 5.56 Å². The molecule has 15 heteroatoms. The van der Waals surface area contributed by atoms with Gasteiger partial charge in [0.1, 0.15) is 23.4 Å². The molecule has 2 amide bonds. The van der Waals surface area contributed by atoms with Crippen molar-refractivity contribution < 1.29 is 14.7 Å². The van der Waals surface area contributed by atoms with Crippen LogP contribution >= 0.6 is 0 Å². The van der Waals surface area contributed by atoms with Crippen molar-refractivity contribution in [3.63, 3.8) is 0 Å². The summed E-state index contributed by atoms with van der Waals surface area (Å²) < 4.78 is 3.19. The van der Waals surface area contributed by atoms with Crippen LogP contribution in [0.15, 0.2) is 65.6 Å². The first-order chi connectivity index (χ1) is 28.7. The molecule has 3 unspecified atom stereocenters. The third-order valence-electron chi connectivity index (χ3n) is 13.9. The Balaban J connectivity index is 0.755. The van der Waals surface area contributed by atoms with Crippen LogP contribution in [0.1, 0.15) is 93.5 Å². The van der Waals surface area contributed by atoms with E-state index in [-0.39, 0.29) is 23.8 Å². The number of piperazine rings is 1. The average Bonchev–Trinajstić information content (AvgIpc) is 3.67. The number of carbonyl (C=O) groups excluding carboxylic acids is 2. The number of hydrogen-bond donors (Lipinski definition) is 3. The number of rotatable bonds is 7. The van der Waals surface area contributed by atoms with Crippen LogP contribution in [0.25, 0.3) is 22.3 Å². The number of fused-ring (bicyclic) bond motifs is 3. The van der Waals surface area contributed by atoms with Gasteiger partial charge in [0.15, 0.2) is 5.82 Å². The fourth-order valence-corrected chi connectivity index (χ4v) is 10.8. The van der Waals surface area contributed by atoms with Crippen LogP contribution in [0.5, 0.6) is 5.75 Å². The molecule has 7 heterocycles. The van der Waals surface area contributed by atoms with Gasteiger partial charge in [0.05, 0.1) is 22.4 Å². The van der Waals surface area contributed by atoms with Gasteiger partial charge < -0.3 is 25.5 Å². The standard InChI is InChI=1S/C44H51N11O4/c1-51-36-22-28(8-13-34(36)55(44(51)59)35-14-15-40(57)48-43(35)58)26-6-9-29(10-7-26)52-20-17-27(18-21-52)42-46-19-16-39(47-42)54-30-11-12-31(54)25-53(24-30)37-23-33(49-50-41(37)45)32-4-2-3-5-38(32)56/h2-5,8,13,16,19,22-23,26-27,29-31,35,56H,6-7,9-12,14-15,17-18,20-21,24-25H2,1H3,(H2,45,50)(H,48,57,58)/t26-,29-,30?,31?,35?. The maximum Gasteiger partial charge on any atom is 0.329 e. The van der Waals surface area contributed by atoms with Crippen LogP contribution < -0.4 is 26.5 Å². The predicted octanol–water partition coefficient (Wildman–Crippen LogP) is 4.62. The number of hydrogen-bond acceptors (Lipinski definition) is 12. The highest BCUT2D eigenvalue weighted by molar-refractivity contribution is 6.00. The number of nitrogens with one attached hydrogen (secondary N) is 1. The van der Waals surface area contributed by atoms with Gasteiger partial charge >= 0.3 is 5.69 Å². The molecule has 5 aliphatic rings. The number of nitrogens with zero attached hydrogens (tertiary/aromatic N) is 9. The van der Waals surface area contributed by atoms with E-state index in [1.54, 1.807) is 28.3 Å². The fourth-order valence-electron chi connectivity index (χ4n) is 10.8. The lowest BCUT2D eigenvalue weighted by Gasteiger charge is -2.43. The zero-order valence-electron chi connectivity index (χ0n) is 33.4. The summed E-state index contributed by atoms with van der Waals surface area (Å²) in [5, 5.41) is 21.4. The first-order valence-electron chi connectivity index (χ1n) is 21.3. The molecule has 0 radical (unpaired) electrons. The Morgan fingerprint density at radius 3 is 2.29 bits per heavy atom. The number of piperidine rings is 2. The first kappa shape index (κ1) is 37.4. The van der Waals surface area contributed by atoms with Crippen molar-refractivity contribution in [2.24, 2.45) is 7.05 Å². The lowest BCUT2D eigenvalue weighted by molar-refractivity contribution is -0.135. The van der Waals surface area contributed by atoms with E-state index in [0.29, 0.717) is 53.5 Å². The molecule has 4 N–H and O–H groups in total. The first-order valence-corrected chi connectivity index (χ1v) is 21.3. The number of aromatic hydroxyl groups is 1. The van der Waals surface area contributed by atoms with Gasteiger partial charge in [0.2, 0.25) is 11.8 Å². The molecule has 1 aliphatic carbocycles. The van der Waals surface area contributed by atoms with E-state index < -0.39 is 11.9 Å². The summed E-state index contributed by atoms with van der Waals surface area (Å²) in [6, 6.07) is 17.9. The predicted molar refractivity (Wildman–Crippen MR) is 224 cm³/mol. The molecule has 2 aromatic carbocycles. The third-order valence-corrected chi connectivity index (χ3v) is 13.9. The lowest BCUT2D eigenvalue weighted by Crippen LogP contribution is -2.54. The molecule has 10 rings (SSSR count). The number of benzene rings is 2. The van der Waals surface area contributed by atoms with E-state index in [4.69, 9.17) is 15.7 Å². The number of aryl methyl sites for hydroxylation is 1. The minimum atomic E-state index is -0.674. The van der Waals surface area contributed by atoms with Crippen molar-refractivity contribution in [3.8, 4) is 17.0 Å². The summed E-state index contributed by atoms with van der Waals surface area (Å²) in [7, 11) is 1.76. The number of amides is 2.